The molecule has 0 N–H and O–H groups in total. The van der Waals surface area contributed by atoms with Crippen molar-refractivity contribution in [3.8, 4) is 5.75 Å². The number of carbonyl (C=O) groups is 2. The number of benzene rings is 1. The number of ether oxygens (including phenoxy) is 2. The zero-order valence-corrected chi connectivity index (χ0v) is 15.1. The summed E-state index contributed by atoms with van der Waals surface area (Å²) in [7, 11) is 0. The molecule has 1 rings (SSSR count). The van der Waals surface area contributed by atoms with Gasteiger partial charge in [-0.25, -0.2) is 4.79 Å². The van der Waals surface area contributed by atoms with E-state index in [1.807, 2.05) is 6.92 Å². The van der Waals surface area contributed by atoms with Gasteiger partial charge in [0.2, 0.25) is 6.29 Å². The highest BCUT2D eigenvalue weighted by atomic mass is 16.7. The maximum atomic E-state index is 12.2. The molecule has 0 aliphatic rings. The Hall–Kier alpha value is -2.17. The molecule has 0 unspecified atom stereocenters. The highest BCUT2D eigenvalue weighted by Gasteiger charge is 2.14. The van der Waals surface area contributed by atoms with Crippen LogP contribution in [-0.4, -0.2) is 24.8 Å². The van der Waals surface area contributed by atoms with Gasteiger partial charge in [0, 0.05) is 12.0 Å². The van der Waals surface area contributed by atoms with E-state index in [-0.39, 0.29) is 23.7 Å². The van der Waals surface area contributed by atoms with Gasteiger partial charge in [0.05, 0.1) is 12.2 Å². The molecule has 5 heteroatoms. The maximum absolute atomic E-state index is 12.2. The predicted octanol–water partition coefficient (Wildman–Crippen LogP) is 5.00. The second kappa shape index (κ2) is 12.2. The van der Waals surface area contributed by atoms with Gasteiger partial charge < -0.3 is 9.47 Å². The fraction of sp³-hybridized carbons (Fsp3) is 0.550. The molecule has 0 atom stereocenters. The molecule has 0 aliphatic heterocycles. The Bertz CT molecular complexity index is 565. The van der Waals surface area contributed by atoms with Gasteiger partial charge in [-0.15, -0.1) is 0 Å². The molecule has 0 spiro atoms. The molecular formula is C20H27O5. The Morgan fingerprint density at radius 1 is 1.00 bits per heavy atom. The molecule has 0 saturated carbocycles. The Kier molecular flexibility index (Phi) is 10.2. The molecule has 137 valence electrons. The van der Waals surface area contributed by atoms with Crippen LogP contribution in [0.25, 0.3) is 0 Å². The van der Waals surface area contributed by atoms with Crippen LogP contribution < -0.4 is 4.74 Å². The van der Waals surface area contributed by atoms with E-state index in [0.29, 0.717) is 12.0 Å². The monoisotopic (exact) mass is 347 g/mol. The minimum Gasteiger partial charge on any atom is -0.434 e. The van der Waals surface area contributed by atoms with Crippen molar-refractivity contribution in [3.63, 3.8) is 0 Å². The van der Waals surface area contributed by atoms with E-state index < -0.39 is 6.16 Å². The Labute approximate surface area is 149 Å². The zero-order valence-electron chi connectivity index (χ0n) is 15.1. The average Bonchev–Trinajstić information content (AvgIpc) is 2.62. The molecular weight excluding hydrogens is 320 g/mol. The molecule has 0 aromatic heterocycles. The van der Waals surface area contributed by atoms with Gasteiger partial charge in [0.1, 0.15) is 5.75 Å². The van der Waals surface area contributed by atoms with Gasteiger partial charge >= 0.3 is 6.16 Å². The Morgan fingerprint density at radius 2 is 1.72 bits per heavy atom. The third-order valence-electron chi connectivity index (χ3n) is 3.83. The summed E-state index contributed by atoms with van der Waals surface area (Å²) in [5.74, 6) is 0.0288. The highest BCUT2D eigenvalue weighted by molar-refractivity contribution is 5.98. The molecule has 0 amide bonds. The molecule has 1 radical (unpaired) electrons. The van der Waals surface area contributed by atoms with Crippen molar-refractivity contribution in [2.24, 2.45) is 0 Å². The van der Waals surface area contributed by atoms with Crippen molar-refractivity contribution in [1.82, 2.24) is 0 Å². The van der Waals surface area contributed by atoms with Gasteiger partial charge in [0.15, 0.2) is 5.78 Å². The first-order chi connectivity index (χ1) is 12.1. The van der Waals surface area contributed by atoms with Crippen LogP contribution >= 0.6 is 0 Å². The minimum atomic E-state index is -0.861. The van der Waals surface area contributed by atoms with Crippen LogP contribution in [0.5, 0.6) is 5.75 Å². The summed E-state index contributed by atoms with van der Waals surface area (Å²) in [5, 5.41) is 0. The van der Waals surface area contributed by atoms with Crippen LogP contribution in [0.1, 0.15) is 81.1 Å². The van der Waals surface area contributed by atoms with Gasteiger partial charge in [-0.1, -0.05) is 46.0 Å². The Balaban J connectivity index is 2.60. The third kappa shape index (κ3) is 7.96. The number of unbranched alkanes of at least 4 members (excludes halogenated alkanes) is 5. The van der Waals surface area contributed by atoms with E-state index in [2.05, 4.69) is 6.92 Å². The lowest BCUT2D eigenvalue weighted by Crippen LogP contribution is -2.13. The van der Waals surface area contributed by atoms with Gasteiger partial charge in [-0.3, -0.25) is 9.59 Å². The van der Waals surface area contributed by atoms with E-state index >= 15 is 0 Å². The van der Waals surface area contributed by atoms with Crippen molar-refractivity contribution in [2.75, 3.05) is 6.61 Å². The average molecular weight is 347 g/mol. The second-order valence-electron chi connectivity index (χ2n) is 5.95. The molecule has 0 heterocycles. The quantitative estimate of drug-likeness (QED) is 0.230. The predicted molar refractivity (Wildman–Crippen MR) is 95.8 cm³/mol. The van der Waals surface area contributed by atoms with Crippen LogP contribution in [0.2, 0.25) is 0 Å². The maximum Gasteiger partial charge on any atom is 0.513 e. The van der Waals surface area contributed by atoms with Crippen LogP contribution in [0.3, 0.4) is 0 Å². The summed E-state index contributed by atoms with van der Waals surface area (Å²) in [4.78, 5) is 34.9. The lowest BCUT2D eigenvalue weighted by atomic mass is 10.0. The zero-order chi connectivity index (χ0) is 18.5. The fourth-order valence-corrected chi connectivity index (χ4v) is 2.32. The minimum absolute atomic E-state index is 0.0231. The largest absolute Gasteiger partial charge is 0.513 e. The SMILES string of the molecule is CCCCCCCC(=O)c1ccc(OC(=O)OCCCC)c([C]=O)c1. The summed E-state index contributed by atoms with van der Waals surface area (Å²) >= 11 is 0. The standard InChI is InChI=1S/C20H27O5/c1-3-5-7-8-9-10-18(22)16-11-12-19(17(14-16)15-21)25-20(23)24-13-6-4-2/h11-12,14H,3-10,13H2,1-2H3. The second-order valence-corrected chi connectivity index (χ2v) is 5.95. The van der Waals surface area contributed by atoms with Gasteiger partial charge in [-0.2, -0.15) is 0 Å². The van der Waals surface area contributed by atoms with Crippen LogP contribution in [0, 0.1) is 0 Å². The van der Waals surface area contributed by atoms with Crippen molar-refractivity contribution in [3.05, 3.63) is 29.3 Å². The van der Waals surface area contributed by atoms with Crippen LogP contribution in [0.15, 0.2) is 18.2 Å². The lowest BCUT2D eigenvalue weighted by molar-refractivity contribution is 0.0975. The molecule has 1 aromatic carbocycles. The van der Waals surface area contributed by atoms with E-state index in [1.54, 1.807) is 12.4 Å². The van der Waals surface area contributed by atoms with Crippen molar-refractivity contribution < 1.29 is 23.9 Å². The molecule has 5 nitrogen and oxygen atoms in total. The first-order valence-electron chi connectivity index (χ1n) is 9.02. The summed E-state index contributed by atoms with van der Waals surface area (Å²) in [6, 6.07) is 4.41. The summed E-state index contributed by atoms with van der Waals surface area (Å²) in [6.45, 7) is 4.39. The van der Waals surface area contributed by atoms with Crippen molar-refractivity contribution >= 4 is 18.2 Å². The van der Waals surface area contributed by atoms with E-state index in [1.165, 1.54) is 18.6 Å². The van der Waals surface area contributed by atoms with Crippen molar-refractivity contribution in [1.29, 1.82) is 0 Å². The molecule has 1 aromatic rings. The lowest BCUT2D eigenvalue weighted by Gasteiger charge is -2.08. The number of carbonyl (C=O) groups excluding carboxylic acids is 3. The molecule has 0 fully saturated rings. The third-order valence-corrected chi connectivity index (χ3v) is 3.83. The first-order valence-corrected chi connectivity index (χ1v) is 9.02. The van der Waals surface area contributed by atoms with Crippen LogP contribution in [0.4, 0.5) is 4.79 Å². The molecule has 0 saturated heterocycles. The number of ketones is 1. The first kappa shape index (κ1) is 20.9. The summed E-state index contributed by atoms with van der Waals surface area (Å²) in [6.07, 6.45) is 8.27. The van der Waals surface area contributed by atoms with E-state index in [0.717, 1.165) is 38.5 Å². The van der Waals surface area contributed by atoms with Crippen molar-refractivity contribution in [2.45, 2.75) is 65.2 Å². The normalized spacial score (nSPS) is 10.3. The highest BCUT2D eigenvalue weighted by Crippen LogP contribution is 2.21. The smallest absolute Gasteiger partial charge is 0.434 e. The fourth-order valence-electron chi connectivity index (χ4n) is 2.32. The number of hydrogen-bond donors (Lipinski definition) is 0. The number of hydrogen-bond acceptors (Lipinski definition) is 5. The molecule has 0 bridgehead atoms. The summed E-state index contributed by atoms with van der Waals surface area (Å²) < 4.78 is 9.90. The Morgan fingerprint density at radius 3 is 2.40 bits per heavy atom. The number of rotatable bonds is 12. The molecule has 0 aliphatic carbocycles. The van der Waals surface area contributed by atoms with Gasteiger partial charge in [0.25, 0.3) is 0 Å². The number of Topliss-reactive ketones (excluding diaryl/α,β-unsaturated/α-hetero) is 1. The van der Waals surface area contributed by atoms with E-state index in [4.69, 9.17) is 9.47 Å². The van der Waals surface area contributed by atoms with Crippen LogP contribution in [-0.2, 0) is 9.53 Å². The van der Waals surface area contributed by atoms with Gasteiger partial charge in [-0.05, 0) is 31.0 Å². The topological polar surface area (TPSA) is 69.7 Å². The summed E-state index contributed by atoms with van der Waals surface area (Å²) in [5.41, 5.74) is 0.477. The molecule has 25 heavy (non-hydrogen) atoms. The van der Waals surface area contributed by atoms with E-state index in [9.17, 15) is 14.4 Å².